The van der Waals surface area contributed by atoms with Crippen molar-refractivity contribution < 1.29 is 19.1 Å². The van der Waals surface area contributed by atoms with Crippen LogP contribution in [0.2, 0.25) is 0 Å². The van der Waals surface area contributed by atoms with Crippen LogP contribution in [0.1, 0.15) is 35.4 Å². The van der Waals surface area contributed by atoms with Gasteiger partial charge in [0.2, 0.25) is 5.91 Å². The number of ether oxygens (including phenoxy) is 1. The van der Waals surface area contributed by atoms with E-state index in [1.165, 1.54) is 0 Å². The molecule has 7 heteroatoms. The Hall–Kier alpha value is -2.38. The lowest BCUT2D eigenvalue weighted by atomic mass is 9.85. The number of carbonyl (C=O) groups excluding carboxylic acids is 3. The summed E-state index contributed by atoms with van der Waals surface area (Å²) in [5.41, 5.74) is 4.34. The standard InChI is InChI=1S/C24H25BrN2O4/c1-14-9-16(19-4-3-18(25)13-26-19)10-15(2)22(14)23-20(28)11-17(24(23)30)12-21(29)27-5-7-31-8-6-27/h3-4,9-10,13,17,23H,5-8,11-12H2,1-2H3. The maximum absolute atomic E-state index is 13.2. The van der Waals surface area contributed by atoms with E-state index in [1.54, 1.807) is 11.1 Å². The summed E-state index contributed by atoms with van der Waals surface area (Å²) in [5.74, 6) is -1.62. The zero-order chi connectivity index (χ0) is 22.1. The van der Waals surface area contributed by atoms with E-state index >= 15 is 0 Å². The molecular formula is C24H25BrN2O4. The van der Waals surface area contributed by atoms with E-state index in [-0.39, 0.29) is 30.3 Å². The van der Waals surface area contributed by atoms with Crippen LogP contribution in [0.3, 0.4) is 0 Å². The maximum Gasteiger partial charge on any atom is 0.223 e. The summed E-state index contributed by atoms with van der Waals surface area (Å²) in [6, 6.07) is 7.81. The largest absolute Gasteiger partial charge is 0.378 e. The number of hydrogen-bond acceptors (Lipinski definition) is 5. The van der Waals surface area contributed by atoms with Crippen LogP contribution in [0.15, 0.2) is 34.9 Å². The summed E-state index contributed by atoms with van der Waals surface area (Å²) in [6.45, 7) is 5.98. The molecule has 2 unspecified atom stereocenters. The van der Waals surface area contributed by atoms with Crippen molar-refractivity contribution in [2.24, 2.45) is 5.92 Å². The van der Waals surface area contributed by atoms with Crippen LogP contribution in [0.5, 0.6) is 0 Å². The van der Waals surface area contributed by atoms with E-state index in [0.29, 0.717) is 26.3 Å². The third-order valence-electron chi connectivity index (χ3n) is 6.15. The number of amides is 1. The summed E-state index contributed by atoms with van der Waals surface area (Å²) in [5, 5.41) is 0. The minimum atomic E-state index is -0.783. The molecule has 1 aliphatic heterocycles. The van der Waals surface area contributed by atoms with Gasteiger partial charge < -0.3 is 9.64 Å². The minimum absolute atomic E-state index is 0.0693. The number of aryl methyl sites for hydroxylation is 2. The van der Waals surface area contributed by atoms with E-state index in [9.17, 15) is 14.4 Å². The van der Waals surface area contributed by atoms with Gasteiger partial charge in [-0.2, -0.15) is 0 Å². The molecular weight excluding hydrogens is 460 g/mol. The van der Waals surface area contributed by atoms with Gasteiger partial charge in [-0.15, -0.1) is 0 Å². The van der Waals surface area contributed by atoms with Gasteiger partial charge >= 0.3 is 0 Å². The second-order valence-corrected chi connectivity index (χ2v) is 9.20. The third-order valence-corrected chi connectivity index (χ3v) is 6.62. The number of aromatic nitrogens is 1. The van der Waals surface area contributed by atoms with E-state index in [4.69, 9.17) is 4.74 Å². The Morgan fingerprint density at radius 2 is 1.84 bits per heavy atom. The van der Waals surface area contributed by atoms with Crippen molar-refractivity contribution in [2.45, 2.75) is 32.6 Å². The van der Waals surface area contributed by atoms with Crippen LogP contribution < -0.4 is 0 Å². The van der Waals surface area contributed by atoms with E-state index in [0.717, 1.165) is 32.4 Å². The molecule has 2 fully saturated rings. The Balaban J connectivity index is 1.56. The van der Waals surface area contributed by atoms with Crippen molar-refractivity contribution >= 4 is 33.4 Å². The summed E-state index contributed by atoms with van der Waals surface area (Å²) in [4.78, 5) is 44.8. The van der Waals surface area contributed by atoms with Gasteiger partial charge in [-0.3, -0.25) is 19.4 Å². The highest BCUT2D eigenvalue weighted by atomic mass is 79.9. The number of pyridine rings is 1. The molecule has 0 bridgehead atoms. The van der Waals surface area contributed by atoms with Crippen LogP contribution in [-0.2, 0) is 19.1 Å². The van der Waals surface area contributed by atoms with Crippen molar-refractivity contribution in [1.82, 2.24) is 9.88 Å². The predicted octanol–water partition coefficient (Wildman–Crippen LogP) is 3.62. The topological polar surface area (TPSA) is 76.6 Å². The normalized spacial score (nSPS) is 21.6. The Kier molecular flexibility index (Phi) is 6.34. The zero-order valence-electron chi connectivity index (χ0n) is 17.7. The van der Waals surface area contributed by atoms with E-state index in [1.807, 2.05) is 38.1 Å². The van der Waals surface area contributed by atoms with Crippen molar-refractivity contribution in [2.75, 3.05) is 26.3 Å². The molecule has 1 aliphatic carbocycles. The molecule has 2 heterocycles. The second-order valence-electron chi connectivity index (χ2n) is 8.29. The number of hydrogen-bond donors (Lipinski definition) is 0. The molecule has 1 saturated carbocycles. The lowest BCUT2D eigenvalue weighted by Gasteiger charge is -2.27. The molecule has 31 heavy (non-hydrogen) atoms. The van der Waals surface area contributed by atoms with Gasteiger partial charge in [0.1, 0.15) is 11.7 Å². The first-order valence-electron chi connectivity index (χ1n) is 10.5. The van der Waals surface area contributed by atoms with Crippen LogP contribution in [-0.4, -0.2) is 53.7 Å². The number of nitrogens with zero attached hydrogens (tertiary/aromatic N) is 2. The number of morpholine rings is 1. The highest BCUT2D eigenvalue weighted by molar-refractivity contribution is 9.10. The van der Waals surface area contributed by atoms with Gasteiger partial charge in [-0.1, -0.05) is 0 Å². The molecule has 2 aromatic rings. The van der Waals surface area contributed by atoms with Crippen LogP contribution in [0.4, 0.5) is 0 Å². The fraction of sp³-hybridized carbons (Fsp3) is 0.417. The third kappa shape index (κ3) is 4.48. The fourth-order valence-electron chi connectivity index (χ4n) is 4.61. The minimum Gasteiger partial charge on any atom is -0.378 e. The fourth-order valence-corrected chi connectivity index (χ4v) is 4.84. The van der Waals surface area contributed by atoms with Gasteiger partial charge in [0, 0.05) is 48.1 Å². The highest BCUT2D eigenvalue weighted by Crippen LogP contribution is 2.38. The van der Waals surface area contributed by atoms with Gasteiger partial charge in [-0.05, 0) is 70.7 Å². The summed E-state index contributed by atoms with van der Waals surface area (Å²) < 4.78 is 6.19. The molecule has 1 aromatic carbocycles. The van der Waals surface area contributed by atoms with Crippen molar-refractivity contribution in [3.05, 3.63) is 51.6 Å². The maximum atomic E-state index is 13.2. The summed E-state index contributed by atoms with van der Waals surface area (Å²) in [7, 11) is 0. The number of halogens is 1. The molecule has 2 atom stereocenters. The molecule has 6 nitrogen and oxygen atoms in total. The van der Waals surface area contributed by atoms with Gasteiger partial charge in [-0.25, -0.2) is 0 Å². The highest BCUT2D eigenvalue weighted by Gasteiger charge is 2.44. The summed E-state index contributed by atoms with van der Waals surface area (Å²) in [6.07, 6.45) is 1.97. The van der Waals surface area contributed by atoms with Gasteiger partial charge in [0.05, 0.1) is 18.9 Å². The number of carbonyl (C=O) groups is 3. The number of benzene rings is 1. The monoisotopic (exact) mass is 484 g/mol. The van der Waals surface area contributed by atoms with Crippen LogP contribution in [0.25, 0.3) is 11.3 Å². The molecule has 4 rings (SSSR count). The Morgan fingerprint density at radius 1 is 1.16 bits per heavy atom. The van der Waals surface area contributed by atoms with Crippen molar-refractivity contribution in [3.63, 3.8) is 0 Å². The van der Waals surface area contributed by atoms with Crippen molar-refractivity contribution in [3.8, 4) is 11.3 Å². The zero-order valence-corrected chi connectivity index (χ0v) is 19.3. The van der Waals surface area contributed by atoms with Crippen molar-refractivity contribution in [1.29, 1.82) is 0 Å². The smallest absolute Gasteiger partial charge is 0.223 e. The molecule has 1 aromatic heterocycles. The lowest BCUT2D eigenvalue weighted by Crippen LogP contribution is -2.41. The number of rotatable bonds is 4. The SMILES string of the molecule is Cc1cc(-c2ccc(Br)cn2)cc(C)c1C1C(=O)CC(CC(=O)N2CCOCC2)C1=O. The molecule has 0 spiro atoms. The average molecular weight is 485 g/mol. The Bertz CT molecular complexity index is 1010. The van der Waals surface area contributed by atoms with E-state index < -0.39 is 11.8 Å². The molecule has 1 saturated heterocycles. The summed E-state index contributed by atoms with van der Waals surface area (Å²) >= 11 is 3.39. The molecule has 0 N–H and O–H groups in total. The predicted molar refractivity (Wildman–Crippen MR) is 120 cm³/mol. The second kappa shape index (κ2) is 9.01. The van der Waals surface area contributed by atoms with Crippen LogP contribution in [0, 0.1) is 19.8 Å². The lowest BCUT2D eigenvalue weighted by molar-refractivity contribution is -0.138. The first-order valence-corrected chi connectivity index (χ1v) is 11.3. The van der Waals surface area contributed by atoms with Crippen LogP contribution >= 0.6 is 15.9 Å². The molecule has 2 aliphatic rings. The number of Topliss-reactive ketones (excluding diaryl/α,β-unsaturated/α-hetero) is 2. The molecule has 162 valence electrons. The van der Waals surface area contributed by atoms with E-state index in [2.05, 4.69) is 20.9 Å². The first-order chi connectivity index (χ1) is 14.8. The quantitative estimate of drug-likeness (QED) is 0.619. The average Bonchev–Trinajstić information content (AvgIpc) is 3.02. The first kappa shape index (κ1) is 21.8. The van der Waals surface area contributed by atoms with Gasteiger partial charge in [0.25, 0.3) is 0 Å². The molecule has 0 radical (unpaired) electrons. The molecule has 1 amide bonds. The van der Waals surface area contributed by atoms with Gasteiger partial charge in [0.15, 0.2) is 5.78 Å². The number of ketones is 2. The Morgan fingerprint density at radius 3 is 2.45 bits per heavy atom. The Labute approximate surface area is 190 Å².